The summed E-state index contributed by atoms with van der Waals surface area (Å²) in [5, 5.41) is 2.38. The Morgan fingerprint density at radius 3 is 2.31 bits per heavy atom. The molecule has 3 rings (SSSR count). The first-order valence-electron chi connectivity index (χ1n) is 12.2. The smallest absolute Gasteiger partial charge is 0.292 e. The van der Waals surface area contributed by atoms with E-state index in [1.165, 1.54) is 19.1 Å². The monoisotopic (exact) mass is 653 g/mol. The van der Waals surface area contributed by atoms with E-state index in [0.717, 1.165) is 7.05 Å². The standard InChI is InChI=1S/C25H32BrF4N5O2S2/c1-6-38(7-2,8-3)18-14-19(26)32-21(20(18)27)24(4)16-39(37,31-5)35(15-25(28,29)30)23(34-24)33-22(36)17-12-10-9-11-13-17/h9-14H,6-8,15-16H2,1-5H3,(H,33,34,36). The van der Waals surface area contributed by atoms with Crippen LogP contribution in [0.25, 0.3) is 0 Å². The van der Waals surface area contributed by atoms with Gasteiger partial charge in [0.25, 0.3) is 5.91 Å². The van der Waals surface area contributed by atoms with E-state index >= 15 is 4.39 Å². The van der Waals surface area contributed by atoms with Gasteiger partial charge in [0.2, 0.25) is 5.96 Å². The van der Waals surface area contributed by atoms with Crippen LogP contribution in [0.15, 0.2) is 55.3 Å². The Morgan fingerprint density at radius 1 is 1.21 bits per heavy atom. The van der Waals surface area contributed by atoms with Gasteiger partial charge in [-0.1, -0.05) is 39.0 Å². The van der Waals surface area contributed by atoms with Crippen LogP contribution in [0.4, 0.5) is 17.6 Å². The first-order chi connectivity index (χ1) is 18.2. The molecular formula is C25H32BrF4N5O2S2. The number of benzene rings is 1. The molecule has 2 heterocycles. The van der Waals surface area contributed by atoms with Crippen molar-refractivity contribution < 1.29 is 26.6 Å². The van der Waals surface area contributed by atoms with Gasteiger partial charge in [-0.25, -0.2) is 37.3 Å². The maximum atomic E-state index is 16.4. The van der Waals surface area contributed by atoms with Gasteiger partial charge in [0.15, 0.2) is 5.82 Å². The number of amides is 1. The van der Waals surface area contributed by atoms with Gasteiger partial charge in [0, 0.05) is 17.5 Å². The van der Waals surface area contributed by atoms with Gasteiger partial charge < -0.3 is 0 Å². The number of guanidine groups is 1. The molecule has 1 N–H and O–H groups in total. The number of hydrogen-bond acceptors (Lipinski definition) is 5. The lowest BCUT2D eigenvalue weighted by Gasteiger charge is -2.41. The number of carbonyl (C=O) groups excluding carboxylic acids is 1. The van der Waals surface area contributed by atoms with Crippen molar-refractivity contribution in [2.45, 2.75) is 44.3 Å². The van der Waals surface area contributed by atoms with Gasteiger partial charge in [-0.15, -0.1) is 0 Å². The Kier molecular flexibility index (Phi) is 9.43. The van der Waals surface area contributed by atoms with Crippen LogP contribution in [0, 0.1) is 5.82 Å². The van der Waals surface area contributed by atoms with E-state index in [-0.39, 0.29) is 11.3 Å². The first-order valence-corrected chi connectivity index (χ1v) is 16.8. The molecule has 0 radical (unpaired) electrons. The van der Waals surface area contributed by atoms with E-state index in [9.17, 15) is 22.2 Å². The summed E-state index contributed by atoms with van der Waals surface area (Å²) in [6.07, 6.45) is -4.79. The summed E-state index contributed by atoms with van der Waals surface area (Å²) in [6, 6.07) is 9.43. The number of pyridine rings is 1. The van der Waals surface area contributed by atoms with Crippen LogP contribution in [0.1, 0.15) is 43.7 Å². The molecule has 1 aliphatic heterocycles. The van der Waals surface area contributed by atoms with Gasteiger partial charge in [-0.05, 0) is 58.3 Å². The predicted molar refractivity (Wildman–Crippen MR) is 152 cm³/mol. The van der Waals surface area contributed by atoms with Crippen LogP contribution in [-0.2, 0) is 15.5 Å². The summed E-state index contributed by atoms with van der Waals surface area (Å²) in [5.41, 5.74) is -1.73. The summed E-state index contributed by atoms with van der Waals surface area (Å²) >= 11 is 3.36. The van der Waals surface area contributed by atoms with Crippen LogP contribution in [0.5, 0.6) is 0 Å². The summed E-state index contributed by atoms with van der Waals surface area (Å²) in [4.78, 5) is 22.2. The van der Waals surface area contributed by atoms with Crippen molar-refractivity contribution in [3.8, 4) is 0 Å². The van der Waals surface area contributed by atoms with E-state index in [1.807, 2.05) is 20.8 Å². The summed E-state index contributed by atoms with van der Waals surface area (Å²) in [5.74, 6) is -0.445. The molecule has 7 nitrogen and oxygen atoms in total. The zero-order valence-electron chi connectivity index (χ0n) is 22.3. The van der Waals surface area contributed by atoms with Crippen molar-refractivity contribution in [3.63, 3.8) is 0 Å². The molecule has 0 saturated carbocycles. The highest BCUT2D eigenvalue weighted by atomic mass is 79.9. The average molecular weight is 655 g/mol. The topological polar surface area (TPSA) is 87.0 Å². The van der Waals surface area contributed by atoms with Gasteiger partial charge >= 0.3 is 6.18 Å². The third kappa shape index (κ3) is 6.43. The minimum Gasteiger partial charge on any atom is -0.292 e. The molecule has 39 heavy (non-hydrogen) atoms. The third-order valence-electron chi connectivity index (χ3n) is 6.80. The van der Waals surface area contributed by atoms with Crippen molar-refractivity contribution >= 4 is 47.7 Å². The molecule has 0 aliphatic carbocycles. The Labute approximate surface area is 236 Å². The molecular weight excluding hydrogens is 622 g/mol. The minimum atomic E-state index is -4.79. The second-order valence-electron chi connectivity index (χ2n) is 9.13. The van der Waals surface area contributed by atoms with Crippen molar-refractivity contribution in [1.29, 1.82) is 0 Å². The predicted octanol–water partition coefficient (Wildman–Crippen LogP) is 6.10. The number of alkyl halides is 3. The minimum absolute atomic E-state index is 0.149. The Hall–Kier alpha value is -2.19. The van der Waals surface area contributed by atoms with Crippen LogP contribution >= 0.6 is 26.0 Å². The van der Waals surface area contributed by atoms with Gasteiger partial charge in [0.1, 0.15) is 32.3 Å². The Morgan fingerprint density at radius 2 is 1.79 bits per heavy atom. The van der Waals surface area contributed by atoms with Gasteiger partial charge in [-0.3, -0.25) is 10.1 Å². The van der Waals surface area contributed by atoms with Crippen LogP contribution < -0.4 is 5.32 Å². The molecule has 2 aromatic rings. The molecule has 1 amide bonds. The zero-order chi connectivity index (χ0) is 29.2. The number of hydrogen-bond donors (Lipinski definition) is 1. The normalized spacial score (nSPS) is 22.3. The molecule has 14 heteroatoms. The Balaban J connectivity index is 2.29. The molecule has 0 spiro atoms. The van der Waals surface area contributed by atoms with Crippen molar-refractivity contribution in [2.24, 2.45) is 9.36 Å². The van der Waals surface area contributed by atoms with Crippen molar-refractivity contribution in [1.82, 2.24) is 14.6 Å². The fourth-order valence-corrected chi connectivity index (χ4v) is 10.3. The first kappa shape index (κ1) is 31.3. The SMILES string of the molecule is CCS(CC)(CC)c1cc(Br)nc(C2(C)CS(=O)(=NC)N(CC(F)(F)F)C(NC(=O)c3ccccc3)=N2)c1F. The van der Waals surface area contributed by atoms with E-state index in [0.29, 0.717) is 31.1 Å². The number of halogens is 5. The fourth-order valence-electron chi connectivity index (χ4n) is 4.60. The van der Waals surface area contributed by atoms with E-state index in [1.54, 1.807) is 24.3 Å². The molecule has 1 aliphatic rings. The van der Waals surface area contributed by atoms with Crippen molar-refractivity contribution in [2.75, 3.05) is 36.6 Å². The lowest BCUT2D eigenvalue weighted by molar-refractivity contribution is -0.131. The molecule has 2 atom stereocenters. The molecule has 0 saturated heterocycles. The highest BCUT2D eigenvalue weighted by Gasteiger charge is 2.48. The highest BCUT2D eigenvalue weighted by molar-refractivity contribution is 9.10. The molecule has 0 fully saturated rings. The van der Waals surface area contributed by atoms with E-state index in [4.69, 9.17) is 0 Å². The second-order valence-corrected chi connectivity index (χ2v) is 16.5. The number of carbonyl (C=O) groups is 1. The maximum Gasteiger partial charge on any atom is 0.407 e. The third-order valence-corrected chi connectivity index (χ3v) is 14.3. The van der Waals surface area contributed by atoms with Crippen LogP contribution in [0.3, 0.4) is 0 Å². The molecule has 0 bridgehead atoms. The lowest BCUT2D eigenvalue weighted by Crippen LogP contribution is -2.57. The fraction of sp³-hybridized carbons (Fsp3) is 0.480. The zero-order valence-corrected chi connectivity index (χ0v) is 25.5. The van der Waals surface area contributed by atoms with Gasteiger partial charge in [-0.2, -0.15) is 13.2 Å². The van der Waals surface area contributed by atoms with Crippen LogP contribution in [-0.4, -0.2) is 68.1 Å². The van der Waals surface area contributed by atoms with Crippen molar-refractivity contribution in [3.05, 3.63) is 58.1 Å². The molecule has 216 valence electrons. The molecule has 1 aromatic heterocycles. The van der Waals surface area contributed by atoms with E-state index < -0.39 is 61.6 Å². The quantitative estimate of drug-likeness (QED) is 0.289. The number of nitrogens with one attached hydrogen (secondary N) is 1. The molecule has 2 unspecified atom stereocenters. The number of nitrogens with zero attached hydrogens (tertiary/aromatic N) is 4. The van der Waals surface area contributed by atoms with E-state index in [2.05, 4.69) is 35.6 Å². The number of aliphatic imine (C=N–C) groups is 1. The second kappa shape index (κ2) is 11.7. The maximum absolute atomic E-state index is 16.4. The number of aromatic nitrogens is 1. The number of rotatable bonds is 7. The highest BCUT2D eigenvalue weighted by Crippen LogP contribution is 2.57. The average Bonchev–Trinajstić information content (AvgIpc) is 2.89. The summed E-state index contributed by atoms with van der Waals surface area (Å²) < 4.78 is 75.9. The summed E-state index contributed by atoms with van der Waals surface area (Å²) in [6.45, 7) is 5.74. The van der Waals surface area contributed by atoms with Gasteiger partial charge in [0.05, 0.1) is 5.75 Å². The summed E-state index contributed by atoms with van der Waals surface area (Å²) in [7, 11) is -4.31. The van der Waals surface area contributed by atoms with Crippen LogP contribution in [0.2, 0.25) is 0 Å². The largest absolute Gasteiger partial charge is 0.407 e. The molecule has 1 aromatic carbocycles. The Bertz CT molecular complexity index is 1370. The lowest BCUT2D eigenvalue weighted by atomic mass is 10.00.